The van der Waals surface area contributed by atoms with Crippen LogP contribution in [0.5, 0.6) is 0 Å². The van der Waals surface area contributed by atoms with Gasteiger partial charge in [0, 0.05) is 0 Å². The first-order chi connectivity index (χ1) is 9.13. The topological polar surface area (TPSA) is 99.4 Å². The molecule has 5 atom stereocenters. The van der Waals surface area contributed by atoms with Gasteiger partial charge in [0.2, 0.25) is 0 Å². The van der Waals surface area contributed by atoms with Gasteiger partial charge in [-0.15, -0.1) is 0 Å². The molecule has 6 nitrogen and oxygen atoms in total. The maximum atomic E-state index is 9.76. The molecule has 106 valence electrons. The zero-order valence-corrected chi connectivity index (χ0v) is 10.3. The monoisotopic (exact) mass is 270 g/mol. The van der Waals surface area contributed by atoms with Crippen LogP contribution in [-0.4, -0.2) is 57.7 Å². The molecule has 1 aliphatic rings. The molecular weight excluding hydrogens is 252 g/mol. The number of hydrogen-bond donors (Lipinski definition) is 4. The summed E-state index contributed by atoms with van der Waals surface area (Å²) in [6, 6.07) is 9.31. The molecule has 0 aliphatic carbocycles. The Morgan fingerprint density at radius 2 is 1.84 bits per heavy atom. The van der Waals surface area contributed by atoms with Crippen molar-refractivity contribution in [2.75, 3.05) is 6.61 Å². The van der Waals surface area contributed by atoms with Crippen molar-refractivity contribution in [2.45, 2.75) is 37.3 Å². The van der Waals surface area contributed by atoms with Gasteiger partial charge in [-0.2, -0.15) is 0 Å². The highest BCUT2D eigenvalue weighted by atomic mass is 16.7. The van der Waals surface area contributed by atoms with E-state index in [0.717, 1.165) is 5.56 Å². The molecule has 0 bridgehead atoms. The average molecular weight is 270 g/mol. The highest BCUT2D eigenvalue weighted by molar-refractivity contribution is 5.13. The van der Waals surface area contributed by atoms with Crippen LogP contribution in [0, 0.1) is 0 Å². The van der Waals surface area contributed by atoms with Gasteiger partial charge in [-0.1, -0.05) is 30.3 Å². The zero-order chi connectivity index (χ0) is 13.8. The maximum absolute atomic E-state index is 9.76. The molecule has 0 spiro atoms. The number of rotatable bonds is 5. The van der Waals surface area contributed by atoms with Crippen LogP contribution in [0.25, 0.3) is 0 Å². The molecule has 0 saturated carbocycles. The third-order valence-corrected chi connectivity index (χ3v) is 3.08. The Bertz CT molecular complexity index is 384. The van der Waals surface area contributed by atoms with Crippen molar-refractivity contribution in [2.24, 2.45) is 0 Å². The molecular formula is C13H18O6. The first-order valence-electron chi connectivity index (χ1n) is 6.09. The highest BCUT2D eigenvalue weighted by Gasteiger charge is 2.46. The molecule has 0 aromatic heterocycles. The van der Waals surface area contributed by atoms with Crippen LogP contribution in [0.4, 0.5) is 0 Å². The predicted molar refractivity (Wildman–Crippen MR) is 65.0 cm³/mol. The number of hydrogen-bond acceptors (Lipinski definition) is 6. The van der Waals surface area contributed by atoms with Crippen molar-refractivity contribution >= 4 is 0 Å². The van der Waals surface area contributed by atoms with E-state index in [1.54, 1.807) is 0 Å². The second-order valence-corrected chi connectivity index (χ2v) is 4.50. The molecule has 1 fully saturated rings. The summed E-state index contributed by atoms with van der Waals surface area (Å²) >= 11 is 0. The second kappa shape index (κ2) is 6.42. The summed E-state index contributed by atoms with van der Waals surface area (Å²) in [5.74, 6) is 0. The van der Waals surface area contributed by atoms with Crippen molar-refractivity contribution < 1.29 is 29.9 Å². The lowest BCUT2D eigenvalue weighted by atomic mass is 10.1. The predicted octanol–water partition coefficient (Wildman–Crippen LogP) is -0.997. The van der Waals surface area contributed by atoms with Gasteiger partial charge >= 0.3 is 0 Å². The molecule has 0 radical (unpaired) electrons. The maximum Gasteiger partial charge on any atom is 0.187 e. The van der Waals surface area contributed by atoms with E-state index in [2.05, 4.69) is 0 Å². The third-order valence-electron chi connectivity index (χ3n) is 3.08. The van der Waals surface area contributed by atoms with Crippen molar-refractivity contribution in [1.82, 2.24) is 0 Å². The van der Waals surface area contributed by atoms with Gasteiger partial charge in [-0.25, -0.2) is 0 Å². The summed E-state index contributed by atoms with van der Waals surface area (Å²) in [4.78, 5) is 0. The Morgan fingerprint density at radius 3 is 2.47 bits per heavy atom. The minimum absolute atomic E-state index is 0.219. The molecule has 6 heteroatoms. The van der Waals surface area contributed by atoms with Gasteiger partial charge < -0.3 is 29.9 Å². The van der Waals surface area contributed by atoms with E-state index in [1.807, 2.05) is 30.3 Å². The van der Waals surface area contributed by atoms with E-state index < -0.39 is 37.3 Å². The lowest BCUT2D eigenvalue weighted by molar-refractivity contribution is -0.186. The fourth-order valence-electron chi connectivity index (χ4n) is 1.98. The van der Waals surface area contributed by atoms with Gasteiger partial charge in [0.1, 0.15) is 24.4 Å². The van der Waals surface area contributed by atoms with E-state index in [4.69, 9.17) is 14.6 Å². The molecule has 1 aromatic rings. The van der Waals surface area contributed by atoms with Crippen LogP contribution >= 0.6 is 0 Å². The molecule has 4 N–H and O–H groups in total. The summed E-state index contributed by atoms with van der Waals surface area (Å²) in [6.07, 6.45) is -5.88. The smallest absolute Gasteiger partial charge is 0.187 e. The van der Waals surface area contributed by atoms with Crippen LogP contribution < -0.4 is 0 Å². The summed E-state index contributed by atoms with van der Waals surface area (Å²) < 4.78 is 10.6. The number of benzene rings is 1. The van der Waals surface area contributed by atoms with Crippen LogP contribution in [0.15, 0.2) is 30.3 Å². The Morgan fingerprint density at radius 1 is 1.16 bits per heavy atom. The number of aliphatic hydroxyl groups is 4. The summed E-state index contributed by atoms with van der Waals surface area (Å²) in [7, 11) is 0. The Kier molecular flexibility index (Phi) is 4.87. The first kappa shape index (κ1) is 14.4. The van der Waals surface area contributed by atoms with E-state index >= 15 is 0 Å². The molecule has 0 unspecified atom stereocenters. The molecule has 2 rings (SSSR count). The van der Waals surface area contributed by atoms with Crippen LogP contribution in [-0.2, 0) is 16.1 Å². The van der Waals surface area contributed by atoms with Crippen molar-refractivity contribution in [3.63, 3.8) is 0 Å². The van der Waals surface area contributed by atoms with Crippen LogP contribution in [0.1, 0.15) is 5.56 Å². The van der Waals surface area contributed by atoms with Crippen molar-refractivity contribution in [1.29, 1.82) is 0 Å². The first-order valence-corrected chi connectivity index (χ1v) is 6.09. The van der Waals surface area contributed by atoms with Gasteiger partial charge in [0.25, 0.3) is 0 Å². The molecule has 1 heterocycles. The fraction of sp³-hybridized carbons (Fsp3) is 0.538. The van der Waals surface area contributed by atoms with Gasteiger partial charge in [-0.05, 0) is 5.56 Å². The molecule has 1 aromatic carbocycles. The quantitative estimate of drug-likeness (QED) is 0.548. The normalized spacial score (nSPS) is 32.4. The fourth-order valence-corrected chi connectivity index (χ4v) is 1.98. The average Bonchev–Trinajstić information content (AvgIpc) is 2.73. The minimum Gasteiger partial charge on any atom is -0.394 e. The standard InChI is InChI=1S/C13H18O6/c14-6-9(15)12-10(16)11(17)13(19-12)18-7-8-4-2-1-3-5-8/h1-5,9-17H,6-7H2/t9-,10-,11+,12-,13-/m1/s1. The van der Waals surface area contributed by atoms with E-state index in [1.165, 1.54) is 0 Å². The van der Waals surface area contributed by atoms with Crippen LogP contribution in [0.2, 0.25) is 0 Å². The Balaban J connectivity index is 1.91. The SMILES string of the molecule is OC[C@@H](O)[C@H]1O[C@@H](OCc2ccccc2)[C@@H](O)[C@H]1O. The van der Waals surface area contributed by atoms with E-state index in [-0.39, 0.29) is 6.61 Å². The lowest BCUT2D eigenvalue weighted by Gasteiger charge is -2.18. The third kappa shape index (κ3) is 3.30. The number of ether oxygens (including phenoxy) is 2. The second-order valence-electron chi connectivity index (χ2n) is 4.50. The number of aliphatic hydroxyl groups excluding tert-OH is 4. The lowest BCUT2D eigenvalue weighted by Crippen LogP contribution is -2.40. The summed E-state index contributed by atoms with van der Waals surface area (Å²) in [5, 5.41) is 37.7. The van der Waals surface area contributed by atoms with E-state index in [0.29, 0.717) is 0 Å². The molecule has 19 heavy (non-hydrogen) atoms. The molecule has 1 aliphatic heterocycles. The van der Waals surface area contributed by atoms with Gasteiger partial charge in [-0.3, -0.25) is 0 Å². The Hall–Kier alpha value is -1.02. The molecule has 0 amide bonds. The van der Waals surface area contributed by atoms with Crippen molar-refractivity contribution in [3.05, 3.63) is 35.9 Å². The largest absolute Gasteiger partial charge is 0.394 e. The van der Waals surface area contributed by atoms with E-state index in [9.17, 15) is 15.3 Å². The minimum atomic E-state index is -1.29. The van der Waals surface area contributed by atoms with Gasteiger partial charge in [0.05, 0.1) is 13.2 Å². The zero-order valence-electron chi connectivity index (χ0n) is 10.3. The molecule has 1 saturated heterocycles. The van der Waals surface area contributed by atoms with Crippen LogP contribution in [0.3, 0.4) is 0 Å². The van der Waals surface area contributed by atoms with Crippen molar-refractivity contribution in [3.8, 4) is 0 Å². The Labute approximate surface area is 110 Å². The summed E-state index contributed by atoms with van der Waals surface area (Å²) in [6.45, 7) is -0.336. The summed E-state index contributed by atoms with van der Waals surface area (Å²) in [5.41, 5.74) is 0.902. The highest BCUT2D eigenvalue weighted by Crippen LogP contribution is 2.25. The van der Waals surface area contributed by atoms with Gasteiger partial charge in [0.15, 0.2) is 6.29 Å².